The average Bonchev–Trinajstić information content (AvgIpc) is 2.22. The number of nitrogens with one attached hydrogen (secondary N) is 1. The molecule has 0 unspecified atom stereocenters. The standard InChI is InChI=1S/C12H15ClN2O2/c1-2-12(4-3-5-12)15-10-7-8(11(16)17)6-9(13)14-10/h6-7H,2-5H2,1H3,(H,14,15)(H,16,17). The Kier molecular flexibility index (Phi) is 3.24. The van der Waals surface area contributed by atoms with Gasteiger partial charge >= 0.3 is 5.97 Å². The maximum absolute atomic E-state index is 10.9. The van der Waals surface area contributed by atoms with E-state index in [1.807, 2.05) is 0 Å². The first kappa shape index (κ1) is 12.2. The largest absolute Gasteiger partial charge is 0.478 e. The molecular formula is C12H15ClN2O2. The van der Waals surface area contributed by atoms with Crippen LogP contribution in [0.15, 0.2) is 12.1 Å². The van der Waals surface area contributed by atoms with Crippen LogP contribution in [0.25, 0.3) is 0 Å². The molecule has 0 amide bonds. The number of carboxylic acid groups (broad SMARTS) is 1. The monoisotopic (exact) mass is 254 g/mol. The lowest BCUT2D eigenvalue weighted by atomic mass is 9.75. The second-order valence-corrected chi connectivity index (χ2v) is 4.87. The van der Waals surface area contributed by atoms with Crippen LogP contribution in [0, 0.1) is 0 Å². The maximum atomic E-state index is 10.9. The summed E-state index contributed by atoms with van der Waals surface area (Å²) >= 11 is 5.81. The minimum Gasteiger partial charge on any atom is -0.478 e. The quantitative estimate of drug-likeness (QED) is 0.810. The van der Waals surface area contributed by atoms with Gasteiger partial charge < -0.3 is 10.4 Å². The third-order valence-electron chi connectivity index (χ3n) is 3.42. The topological polar surface area (TPSA) is 62.2 Å². The molecule has 2 rings (SSSR count). The highest BCUT2D eigenvalue weighted by Gasteiger charge is 2.35. The second-order valence-electron chi connectivity index (χ2n) is 4.48. The van der Waals surface area contributed by atoms with Crippen LogP contribution in [0.4, 0.5) is 5.82 Å². The van der Waals surface area contributed by atoms with Gasteiger partial charge in [-0.15, -0.1) is 0 Å². The number of aromatic nitrogens is 1. The van der Waals surface area contributed by atoms with Gasteiger partial charge in [-0.3, -0.25) is 0 Å². The SMILES string of the molecule is CCC1(Nc2cc(C(=O)O)cc(Cl)n2)CCC1. The van der Waals surface area contributed by atoms with Gasteiger partial charge in [-0.1, -0.05) is 18.5 Å². The maximum Gasteiger partial charge on any atom is 0.335 e. The summed E-state index contributed by atoms with van der Waals surface area (Å²) < 4.78 is 0. The van der Waals surface area contributed by atoms with Crippen LogP contribution >= 0.6 is 11.6 Å². The zero-order chi connectivity index (χ0) is 12.5. The second kappa shape index (κ2) is 4.53. The molecule has 92 valence electrons. The van der Waals surface area contributed by atoms with Crippen LogP contribution < -0.4 is 5.32 Å². The van der Waals surface area contributed by atoms with Crippen molar-refractivity contribution in [3.05, 3.63) is 22.8 Å². The normalized spacial score (nSPS) is 17.3. The Morgan fingerprint density at radius 1 is 1.59 bits per heavy atom. The van der Waals surface area contributed by atoms with E-state index in [-0.39, 0.29) is 16.3 Å². The van der Waals surface area contributed by atoms with Gasteiger partial charge in [-0.05, 0) is 37.8 Å². The van der Waals surface area contributed by atoms with Crippen molar-refractivity contribution in [2.24, 2.45) is 0 Å². The number of hydrogen-bond donors (Lipinski definition) is 2. The summed E-state index contributed by atoms with van der Waals surface area (Å²) in [5.41, 5.74) is 0.242. The first-order valence-corrected chi connectivity index (χ1v) is 6.11. The Labute approximate surface area is 105 Å². The molecule has 0 radical (unpaired) electrons. The predicted octanol–water partition coefficient (Wildman–Crippen LogP) is 3.18. The Morgan fingerprint density at radius 3 is 2.76 bits per heavy atom. The average molecular weight is 255 g/mol. The van der Waals surface area contributed by atoms with Gasteiger partial charge in [-0.2, -0.15) is 0 Å². The van der Waals surface area contributed by atoms with E-state index in [1.54, 1.807) is 0 Å². The molecule has 0 spiro atoms. The van der Waals surface area contributed by atoms with Crippen LogP contribution in [-0.2, 0) is 0 Å². The molecule has 1 saturated carbocycles. The van der Waals surface area contributed by atoms with Gasteiger partial charge in [0.2, 0.25) is 0 Å². The molecule has 1 aromatic heterocycles. The van der Waals surface area contributed by atoms with E-state index in [0.717, 1.165) is 19.3 Å². The van der Waals surface area contributed by atoms with Gasteiger partial charge in [0.1, 0.15) is 11.0 Å². The van der Waals surface area contributed by atoms with Gasteiger partial charge in [0.15, 0.2) is 0 Å². The fourth-order valence-electron chi connectivity index (χ4n) is 2.13. The lowest BCUT2D eigenvalue weighted by molar-refractivity contribution is 0.0696. The smallest absolute Gasteiger partial charge is 0.335 e. The highest BCUT2D eigenvalue weighted by molar-refractivity contribution is 6.29. The fourth-order valence-corrected chi connectivity index (χ4v) is 2.34. The molecule has 0 aliphatic heterocycles. The molecule has 1 aliphatic carbocycles. The summed E-state index contributed by atoms with van der Waals surface area (Å²) in [5.74, 6) is -0.437. The lowest BCUT2D eigenvalue weighted by Gasteiger charge is -2.42. The summed E-state index contributed by atoms with van der Waals surface area (Å²) in [6, 6.07) is 2.89. The summed E-state index contributed by atoms with van der Waals surface area (Å²) in [7, 11) is 0. The van der Waals surface area contributed by atoms with Crippen LogP contribution in [0.2, 0.25) is 5.15 Å². The van der Waals surface area contributed by atoms with Gasteiger partial charge in [0.25, 0.3) is 0 Å². The number of halogens is 1. The van der Waals surface area contributed by atoms with Crippen molar-refractivity contribution in [2.75, 3.05) is 5.32 Å². The van der Waals surface area contributed by atoms with E-state index in [0.29, 0.717) is 5.82 Å². The number of carbonyl (C=O) groups is 1. The lowest BCUT2D eigenvalue weighted by Crippen LogP contribution is -2.44. The molecule has 0 aromatic carbocycles. The number of carboxylic acids is 1. The molecular weight excluding hydrogens is 240 g/mol. The number of hydrogen-bond acceptors (Lipinski definition) is 3. The zero-order valence-corrected chi connectivity index (χ0v) is 10.4. The molecule has 0 saturated heterocycles. The Balaban J connectivity index is 2.23. The molecule has 2 N–H and O–H groups in total. The Bertz CT molecular complexity index is 439. The summed E-state index contributed by atoms with van der Waals surface area (Å²) in [5, 5.41) is 12.5. The van der Waals surface area contributed by atoms with Crippen molar-refractivity contribution in [3.63, 3.8) is 0 Å². The van der Waals surface area contributed by atoms with Crippen LogP contribution in [0.1, 0.15) is 43.0 Å². The van der Waals surface area contributed by atoms with Crippen LogP contribution in [0.3, 0.4) is 0 Å². The third-order valence-corrected chi connectivity index (χ3v) is 3.62. The highest BCUT2D eigenvalue weighted by atomic mass is 35.5. The third kappa shape index (κ3) is 2.52. The number of aromatic carboxylic acids is 1. The van der Waals surface area contributed by atoms with Gasteiger partial charge in [-0.25, -0.2) is 9.78 Å². The molecule has 5 heteroatoms. The summed E-state index contributed by atoms with van der Waals surface area (Å²) in [6.45, 7) is 2.12. The number of rotatable bonds is 4. The van der Waals surface area contributed by atoms with E-state index in [2.05, 4.69) is 17.2 Å². The van der Waals surface area contributed by atoms with Gasteiger partial charge in [0, 0.05) is 5.54 Å². The molecule has 17 heavy (non-hydrogen) atoms. The molecule has 1 aliphatic rings. The van der Waals surface area contributed by atoms with E-state index < -0.39 is 5.97 Å². The van der Waals surface area contributed by atoms with Crippen molar-refractivity contribution in [3.8, 4) is 0 Å². The molecule has 1 aromatic rings. The van der Waals surface area contributed by atoms with E-state index in [9.17, 15) is 4.79 Å². The van der Waals surface area contributed by atoms with Gasteiger partial charge in [0.05, 0.1) is 5.56 Å². The summed E-state index contributed by atoms with van der Waals surface area (Å²) in [4.78, 5) is 15.0. The Hall–Kier alpha value is -1.29. The van der Waals surface area contributed by atoms with Crippen molar-refractivity contribution in [1.82, 2.24) is 4.98 Å². The highest BCUT2D eigenvalue weighted by Crippen LogP contribution is 2.37. The summed E-state index contributed by atoms with van der Waals surface area (Å²) in [6.07, 6.45) is 4.40. The first-order chi connectivity index (χ1) is 8.04. The minimum atomic E-state index is -0.989. The number of anilines is 1. The van der Waals surface area contributed by atoms with Crippen molar-refractivity contribution >= 4 is 23.4 Å². The van der Waals surface area contributed by atoms with Crippen molar-refractivity contribution < 1.29 is 9.90 Å². The van der Waals surface area contributed by atoms with Crippen molar-refractivity contribution in [2.45, 2.75) is 38.1 Å². The van der Waals surface area contributed by atoms with Crippen molar-refractivity contribution in [1.29, 1.82) is 0 Å². The predicted molar refractivity (Wildman–Crippen MR) is 66.7 cm³/mol. The fraction of sp³-hybridized carbons (Fsp3) is 0.500. The van der Waals surface area contributed by atoms with E-state index >= 15 is 0 Å². The van der Waals surface area contributed by atoms with Crippen LogP contribution in [0.5, 0.6) is 0 Å². The molecule has 1 fully saturated rings. The van der Waals surface area contributed by atoms with E-state index in [1.165, 1.54) is 18.6 Å². The zero-order valence-electron chi connectivity index (χ0n) is 9.66. The van der Waals surface area contributed by atoms with E-state index in [4.69, 9.17) is 16.7 Å². The number of nitrogens with zero attached hydrogens (tertiary/aromatic N) is 1. The minimum absolute atomic E-state index is 0.0768. The molecule has 0 bridgehead atoms. The number of pyridine rings is 1. The molecule has 0 atom stereocenters. The van der Waals surface area contributed by atoms with Crippen LogP contribution in [-0.4, -0.2) is 21.6 Å². The molecule has 4 nitrogen and oxygen atoms in total. The molecule has 1 heterocycles. The first-order valence-electron chi connectivity index (χ1n) is 5.74. The Morgan fingerprint density at radius 2 is 2.29 bits per heavy atom.